The van der Waals surface area contributed by atoms with Crippen molar-refractivity contribution in [2.45, 2.75) is 49.7 Å². The van der Waals surface area contributed by atoms with Gasteiger partial charge in [-0.2, -0.15) is 0 Å². The third kappa shape index (κ3) is 5.00. The molecule has 7 nitrogen and oxygen atoms in total. The maximum absolute atomic E-state index is 13.6. The van der Waals surface area contributed by atoms with Crippen LogP contribution in [0.15, 0.2) is 59.4 Å². The minimum absolute atomic E-state index is 0.0755. The molecule has 1 aliphatic carbocycles. The van der Waals surface area contributed by atoms with Gasteiger partial charge in [-0.1, -0.05) is 6.07 Å². The molecule has 37 heavy (non-hydrogen) atoms. The van der Waals surface area contributed by atoms with Gasteiger partial charge in [0.25, 0.3) is 0 Å². The minimum Gasteiger partial charge on any atom is -0.493 e. The van der Waals surface area contributed by atoms with Gasteiger partial charge in [0.15, 0.2) is 23.1 Å². The molecule has 0 spiro atoms. The standard InChI is InChI=1S/C28H31F2N3O4/c1-35-24-6-3-19(13-25(24)36-2)28-9-7-21(32-27(34)31-20-4-5-22(29)23(30)14-20)15-26(28)33(11-10-28)16-18-8-12-37-17-18/h3-6,8,12-14,17,21,26H,7,9-11,15-16H2,1-2H3,(H2,31,32,34)/t21-,26+,28-/m0/s1. The number of halogens is 2. The lowest BCUT2D eigenvalue weighted by molar-refractivity contribution is 0.131. The van der Waals surface area contributed by atoms with Gasteiger partial charge in [-0.3, -0.25) is 4.90 Å². The molecule has 0 radical (unpaired) electrons. The molecule has 5 rings (SSSR count). The third-order valence-corrected chi connectivity index (χ3v) is 7.81. The van der Waals surface area contributed by atoms with Gasteiger partial charge in [0.2, 0.25) is 0 Å². The third-order valence-electron chi connectivity index (χ3n) is 7.81. The summed E-state index contributed by atoms with van der Waals surface area (Å²) in [6.45, 7) is 1.67. The first-order chi connectivity index (χ1) is 17.9. The first-order valence-electron chi connectivity index (χ1n) is 12.4. The zero-order chi connectivity index (χ0) is 26.0. The SMILES string of the molecule is COc1ccc([C@@]23CC[C@H](NC(=O)Nc4ccc(F)c(F)c4)C[C@H]2N(Cc2ccoc2)CC3)cc1OC. The van der Waals surface area contributed by atoms with Crippen LogP contribution < -0.4 is 20.1 Å². The van der Waals surface area contributed by atoms with Crippen molar-refractivity contribution in [1.82, 2.24) is 10.2 Å². The molecule has 0 bridgehead atoms. The molecule has 3 atom stereocenters. The lowest BCUT2D eigenvalue weighted by atomic mass is 9.65. The van der Waals surface area contributed by atoms with Crippen molar-refractivity contribution in [2.75, 3.05) is 26.1 Å². The number of likely N-dealkylation sites (tertiary alicyclic amines) is 1. The fourth-order valence-corrected chi connectivity index (χ4v) is 5.99. The summed E-state index contributed by atoms with van der Waals surface area (Å²) in [5.74, 6) is -0.566. The Morgan fingerprint density at radius 1 is 1.08 bits per heavy atom. The Kier molecular flexibility index (Phi) is 7.06. The predicted octanol–water partition coefficient (Wildman–Crippen LogP) is 5.46. The number of benzene rings is 2. The number of carbonyl (C=O) groups excluding carboxylic acids is 1. The summed E-state index contributed by atoms with van der Waals surface area (Å²) in [4.78, 5) is 15.2. The Balaban J connectivity index is 1.36. The number of furan rings is 1. The van der Waals surface area contributed by atoms with Crippen molar-refractivity contribution < 1.29 is 27.5 Å². The van der Waals surface area contributed by atoms with Crippen molar-refractivity contribution in [1.29, 1.82) is 0 Å². The Labute approximate surface area is 214 Å². The van der Waals surface area contributed by atoms with E-state index in [9.17, 15) is 13.6 Å². The number of hydrogen-bond acceptors (Lipinski definition) is 5. The fourth-order valence-electron chi connectivity index (χ4n) is 5.99. The molecule has 2 heterocycles. The number of fused-ring (bicyclic) bond motifs is 1. The summed E-state index contributed by atoms with van der Waals surface area (Å²) >= 11 is 0. The second-order valence-electron chi connectivity index (χ2n) is 9.79. The molecule has 1 aliphatic heterocycles. The Bertz CT molecular complexity index is 1250. The van der Waals surface area contributed by atoms with E-state index in [2.05, 4.69) is 27.7 Å². The highest BCUT2D eigenvalue weighted by molar-refractivity contribution is 5.89. The van der Waals surface area contributed by atoms with E-state index in [0.717, 1.165) is 56.5 Å². The molecular formula is C28H31F2N3O4. The number of urea groups is 1. The van der Waals surface area contributed by atoms with Crippen LogP contribution in [0.1, 0.15) is 36.8 Å². The molecule has 1 aromatic heterocycles. The summed E-state index contributed by atoms with van der Waals surface area (Å²) in [6, 6.07) is 11.1. The Morgan fingerprint density at radius 2 is 1.92 bits per heavy atom. The lowest BCUT2D eigenvalue weighted by Crippen LogP contribution is -2.52. The second kappa shape index (κ2) is 10.4. The monoisotopic (exact) mass is 511 g/mol. The van der Waals surface area contributed by atoms with E-state index in [1.807, 2.05) is 12.1 Å². The number of amides is 2. The minimum atomic E-state index is -1.00. The number of anilines is 1. The zero-order valence-electron chi connectivity index (χ0n) is 20.9. The highest BCUT2D eigenvalue weighted by Crippen LogP contribution is 2.50. The van der Waals surface area contributed by atoms with E-state index in [1.165, 1.54) is 11.6 Å². The first kappa shape index (κ1) is 25.1. The van der Waals surface area contributed by atoms with Crippen LogP contribution in [0.3, 0.4) is 0 Å². The number of nitrogens with zero attached hydrogens (tertiary/aromatic N) is 1. The van der Waals surface area contributed by atoms with E-state index in [0.29, 0.717) is 11.5 Å². The van der Waals surface area contributed by atoms with E-state index < -0.39 is 17.7 Å². The predicted molar refractivity (Wildman–Crippen MR) is 135 cm³/mol. The molecule has 9 heteroatoms. The van der Waals surface area contributed by atoms with Gasteiger partial charge in [0, 0.05) is 41.4 Å². The van der Waals surface area contributed by atoms with Crippen LogP contribution in [-0.2, 0) is 12.0 Å². The molecule has 1 saturated carbocycles. The highest BCUT2D eigenvalue weighted by atomic mass is 19.2. The van der Waals surface area contributed by atoms with Crippen molar-refractivity contribution in [3.63, 3.8) is 0 Å². The first-order valence-corrected chi connectivity index (χ1v) is 12.4. The quantitative estimate of drug-likeness (QED) is 0.441. The number of nitrogens with one attached hydrogen (secondary N) is 2. The topological polar surface area (TPSA) is 76.0 Å². The normalized spacial score (nSPS) is 23.4. The van der Waals surface area contributed by atoms with Crippen molar-refractivity contribution in [2.24, 2.45) is 0 Å². The van der Waals surface area contributed by atoms with Crippen LogP contribution in [0.4, 0.5) is 19.3 Å². The Hall–Kier alpha value is -3.59. The smallest absolute Gasteiger partial charge is 0.319 e. The number of hydrogen-bond donors (Lipinski definition) is 2. The zero-order valence-corrected chi connectivity index (χ0v) is 20.9. The average molecular weight is 512 g/mol. The van der Waals surface area contributed by atoms with E-state index in [1.54, 1.807) is 26.7 Å². The van der Waals surface area contributed by atoms with E-state index >= 15 is 0 Å². The van der Waals surface area contributed by atoms with Gasteiger partial charge in [-0.15, -0.1) is 0 Å². The summed E-state index contributed by atoms with van der Waals surface area (Å²) < 4.78 is 43.2. The van der Waals surface area contributed by atoms with Gasteiger partial charge < -0.3 is 24.5 Å². The van der Waals surface area contributed by atoms with Crippen LogP contribution in [0, 0.1) is 11.6 Å². The van der Waals surface area contributed by atoms with Crippen LogP contribution in [0.5, 0.6) is 11.5 Å². The maximum Gasteiger partial charge on any atom is 0.319 e. The number of carbonyl (C=O) groups is 1. The fraction of sp³-hybridized carbons (Fsp3) is 0.393. The number of ether oxygens (including phenoxy) is 2. The molecule has 2 N–H and O–H groups in total. The van der Waals surface area contributed by atoms with Crippen molar-refractivity contribution in [3.05, 3.63) is 77.8 Å². The van der Waals surface area contributed by atoms with Crippen LogP contribution in [0.25, 0.3) is 0 Å². The van der Waals surface area contributed by atoms with Crippen LogP contribution in [-0.4, -0.2) is 43.8 Å². The van der Waals surface area contributed by atoms with Crippen LogP contribution >= 0.6 is 0 Å². The second-order valence-corrected chi connectivity index (χ2v) is 9.79. The summed E-state index contributed by atoms with van der Waals surface area (Å²) in [6.07, 6.45) is 6.85. The molecule has 0 unspecified atom stereocenters. The van der Waals surface area contributed by atoms with Crippen LogP contribution in [0.2, 0.25) is 0 Å². The largest absolute Gasteiger partial charge is 0.493 e. The molecule has 2 amide bonds. The van der Waals surface area contributed by atoms with Crippen molar-refractivity contribution >= 4 is 11.7 Å². The average Bonchev–Trinajstić information content (AvgIpc) is 3.55. The molecule has 2 fully saturated rings. The molecule has 3 aromatic rings. The van der Waals surface area contributed by atoms with Gasteiger partial charge in [-0.25, -0.2) is 13.6 Å². The summed E-state index contributed by atoms with van der Waals surface area (Å²) in [7, 11) is 3.27. The molecule has 2 aromatic carbocycles. The highest BCUT2D eigenvalue weighted by Gasteiger charge is 2.51. The van der Waals surface area contributed by atoms with E-state index in [-0.39, 0.29) is 23.2 Å². The summed E-state index contributed by atoms with van der Waals surface area (Å²) in [5, 5.41) is 5.67. The molecule has 2 aliphatic rings. The molecule has 196 valence electrons. The lowest BCUT2D eigenvalue weighted by Gasteiger charge is -2.45. The van der Waals surface area contributed by atoms with Gasteiger partial charge in [0.05, 0.1) is 26.7 Å². The van der Waals surface area contributed by atoms with E-state index in [4.69, 9.17) is 13.9 Å². The van der Waals surface area contributed by atoms with Gasteiger partial charge >= 0.3 is 6.03 Å². The molecule has 1 saturated heterocycles. The maximum atomic E-state index is 13.6. The van der Waals surface area contributed by atoms with Gasteiger partial charge in [-0.05, 0) is 68.1 Å². The van der Waals surface area contributed by atoms with Gasteiger partial charge in [0.1, 0.15) is 0 Å². The van der Waals surface area contributed by atoms with Crippen molar-refractivity contribution in [3.8, 4) is 11.5 Å². The molecular weight excluding hydrogens is 480 g/mol. The number of rotatable bonds is 7. The number of methoxy groups -OCH3 is 2. The Morgan fingerprint density at radius 3 is 2.65 bits per heavy atom. The summed E-state index contributed by atoms with van der Waals surface area (Å²) in [5.41, 5.74) is 2.41.